The average Bonchev–Trinajstić information content (AvgIpc) is 0.722. The molecule has 0 atom stereocenters. The lowest BCUT2D eigenvalue weighted by Crippen LogP contribution is -2.07. The first-order valence-corrected chi connectivity index (χ1v) is 1.70. The Bertz CT molecular complexity index is 23.0. The molecule has 0 amide bonds. The summed E-state index contributed by atoms with van der Waals surface area (Å²) < 4.78 is 0. The second kappa shape index (κ2) is 2.43. The van der Waals surface area contributed by atoms with Gasteiger partial charge in [0.25, 0.3) is 0 Å². The van der Waals surface area contributed by atoms with Gasteiger partial charge in [-0.1, -0.05) is 0 Å². The SMILES string of the molecule is CC(C)(C)[O].Cl. The van der Waals surface area contributed by atoms with Gasteiger partial charge in [-0.2, -0.15) is 0 Å². The lowest BCUT2D eigenvalue weighted by Gasteiger charge is -2.00. The van der Waals surface area contributed by atoms with Crippen molar-refractivity contribution in [1.82, 2.24) is 0 Å². The monoisotopic (exact) mass is 109 g/mol. The molecule has 0 unspecified atom stereocenters. The zero-order valence-corrected chi connectivity index (χ0v) is 5.13. The Hall–Kier alpha value is 0.250. The van der Waals surface area contributed by atoms with Gasteiger partial charge in [-0.3, -0.25) is 0 Å². The molecule has 0 heterocycles. The van der Waals surface area contributed by atoms with Crippen molar-refractivity contribution < 1.29 is 5.11 Å². The number of hydrogen-bond acceptors (Lipinski definition) is 0. The molecule has 0 fully saturated rings. The van der Waals surface area contributed by atoms with E-state index >= 15 is 0 Å². The summed E-state index contributed by atoms with van der Waals surface area (Å²) >= 11 is 0. The lowest BCUT2D eigenvalue weighted by atomic mass is 10.2. The number of halogens is 1. The van der Waals surface area contributed by atoms with E-state index < -0.39 is 5.60 Å². The summed E-state index contributed by atoms with van der Waals surface area (Å²) in [6, 6.07) is 0. The molecule has 0 aromatic rings. The minimum Gasteiger partial charge on any atom is -0.230 e. The molecule has 39 valence electrons. The van der Waals surface area contributed by atoms with E-state index in [0.29, 0.717) is 0 Å². The van der Waals surface area contributed by atoms with Gasteiger partial charge in [-0.25, -0.2) is 5.11 Å². The van der Waals surface area contributed by atoms with E-state index in [-0.39, 0.29) is 12.4 Å². The van der Waals surface area contributed by atoms with E-state index in [9.17, 15) is 5.11 Å². The summed E-state index contributed by atoms with van der Waals surface area (Å²) in [5.74, 6) is 0. The molecule has 0 aromatic heterocycles. The quantitative estimate of drug-likeness (QED) is 0.451. The highest BCUT2D eigenvalue weighted by atomic mass is 35.5. The molecule has 0 N–H and O–H groups in total. The normalized spacial score (nSPS) is 10.0. The number of rotatable bonds is 0. The van der Waals surface area contributed by atoms with Crippen LogP contribution in [0.2, 0.25) is 0 Å². The molecular weight excluding hydrogens is 99.5 g/mol. The molecule has 1 radical (unpaired) electrons. The number of hydrogen-bond donors (Lipinski definition) is 0. The van der Waals surface area contributed by atoms with Crippen LogP contribution >= 0.6 is 12.4 Å². The third kappa shape index (κ3) is 718. The van der Waals surface area contributed by atoms with Crippen LogP contribution < -0.4 is 0 Å². The Morgan fingerprint density at radius 3 is 1.17 bits per heavy atom. The predicted molar refractivity (Wildman–Crippen MR) is 27.7 cm³/mol. The van der Waals surface area contributed by atoms with Crippen molar-refractivity contribution >= 4 is 12.4 Å². The standard InChI is InChI=1S/C4H9O.ClH/c1-4(2,3)5;/h1-3H3;1H. The van der Waals surface area contributed by atoms with Crippen molar-refractivity contribution in [3.05, 3.63) is 0 Å². The molecule has 0 rings (SSSR count). The van der Waals surface area contributed by atoms with Crippen LogP contribution in [-0.2, 0) is 5.11 Å². The maximum absolute atomic E-state index is 10.1. The molecule has 6 heavy (non-hydrogen) atoms. The molecule has 0 aliphatic heterocycles. The predicted octanol–water partition coefficient (Wildman–Crippen LogP) is 1.64. The third-order valence-corrected chi connectivity index (χ3v) is 0. The van der Waals surface area contributed by atoms with Gasteiger partial charge in [0.05, 0.1) is 5.60 Å². The molecule has 1 nitrogen and oxygen atoms in total. The van der Waals surface area contributed by atoms with Crippen molar-refractivity contribution in [3.63, 3.8) is 0 Å². The fourth-order valence-electron chi connectivity index (χ4n) is 0. The fraction of sp³-hybridized carbons (Fsp3) is 1.00. The molecule has 0 aromatic carbocycles. The second-order valence-electron chi connectivity index (χ2n) is 2.11. The van der Waals surface area contributed by atoms with Gasteiger partial charge in [-0.15, -0.1) is 12.4 Å². The molecule has 2 heteroatoms. The van der Waals surface area contributed by atoms with E-state index in [1.165, 1.54) is 0 Å². The van der Waals surface area contributed by atoms with E-state index in [2.05, 4.69) is 0 Å². The van der Waals surface area contributed by atoms with E-state index in [0.717, 1.165) is 0 Å². The van der Waals surface area contributed by atoms with Crippen LogP contribution in [0.3, 0.4) is 0 Å². The van der Waals surface area contributed by atoms with Gasteiger partial charge >= 0.3 is 0 Å². The zero-order valence-electron chi connectivity index (χ0n) is 4.32. The van der Waals surface area contributed by atoms with E-state index in [1.807, 2.05) is 0 Å². The molecule has 0 bridgehead atoms. The topological polar surface area (TPSA) is 19.9 Å². The Kier molecular flexibility index (Phi) is 3.86. The third-order valence-electron chi connectivity index (χ3n) is 0. The Labute approximate surface area is 44.8 Å². The zero-order chi connectivity index (χ0) is 4.50. The van der Waals surface area contributed by atoms with Gasteiger partial charge < -0.3 is 0 Å². The van der Waals surface area contributed by atoms with Crippen molar-refractivity contribution in [3.8, 4) is 0 Å². The second-order valence-corrected chi connectivity index (χ2v) is 2.11. The maximum Gasteiger partial charge on any atom is 0.0952 e. The van der Waals surface area contributed by atoms with Gasteiger partial charge in [0, 0.05) is 0 Å². The van der Waals surface area contributed by atoms with Gasteiger partial charge in [0.1, 0.15) is 0 Å². The van der Waals surface area contributed by atoms with E-state index in [4.69, 9.17) is 0 Å². The van der Waals surface area contributed by atoms with Crippen LogP contribution in [0.1, 0.15) is 20.8 Å². The first-order chi connectivity index (χ1) is 2.00. The van der Waals surface area contributed by atoms with Crippen LogP contribution in [0, 0.1) is 0 Å². The molecule has 0 saturated heterocycles. The van der Waals surface area contributed by atoms with Crippen molar-refractivity contribution in [1.29, 1.82) is 0 Å². The van der Waals surface area contributed by atoms with Crippen LogP contribution in [0.5, 0.6) is 0 Å². The van der Waals surface area contributed by atoms with Crippen LogP contribution in [0.15, 0.2) is 0 Å². The lowest BCUT2D eigenvalue weighted by molar-refractivity contribution is 0.0219. The van der Waals surface area contributed by atoms with Crippen LogP contribution in [-0.4, -0.2) is 5.60 Å². The smallest absolute Gasteiger partial charge is 0.0952 e. The van der Waals surface area contributed by atoms with Crippen molar-refractivity contribution in [2.24, 2.45) is 0 Å². The summed E-state index contributed by atoms with van der Waals surface area (Å²) in [6.45, 7) is 4.90. The summed E-state index contributed by atoms with van der Waals surface area (Å²) in [5.41, 5.74) is -0.750. The molecular formula is C4H10ClO. The van der Waals surface area contributed by atoms with Gasteiger partial charge in [0.15, 0.2) is 0 Å². The molecule has 0 aliphatic rings. The highest BCUT2D eigenvalue weighted by Crippen LogP contribution is 1.95. The Morgan fingerprint density at radius 1 is 1.17 bits per heavy atom. The van der Waals surface area contributed by atoms with Gasteiger partial charge in [-0.05, 0) is 20.8 Å². The summed E-state index contributed by atoms with van der Waals surface area (Å²) in [7, 11) is 0. The van der Waals surface area contributed by atoms with Crippen molar-refractivity contribution in [2.75, 3.05) is 0 Å². The van der Waals surface area contributed by atoms with Crippen LogP contribution in [0.4, 0.5) is 0 Å². The summed E-state index contributed by atoms with van der Waals surface area (Å²) in [5, 5.41) is 10.1. The van der Waals surface area contributed by atoms with E-state index in [1.54, 1.807) is 20.8 Å². The first kappa shape index (κ1) is 9.54. The highest BCUT2D eigenvalue weighted by Gasteiger charge is 2.01. The minimum absolute atomic E-state index is 0. The molecule has 0 saturated carbocycles. The summed E-state index contributed by atoms with van der Waals surface area (Å²) in [6.07, 6.45) is 0. The summed E-state index contributed by atoms with van der Waals surface area (Å²) in [4.78, 5) is 0. The largest absolute Gasteiger partial charge is 0.230 e. The Balaban J connectivity index is 0. The molecule has 0 spiro atoms. The first-order valence-electron chi connectivity index (χ1n) is 1.70. The fourth-order valence-corrected chi connectivity index (χ4v) is 0. The van der Waals surface area contributed by atoms with Gasteiger partial charge in [0.2, 0.25) is 0 Å². The van der Waals surface area contributed by atoms with Crippen LogP contribution in [0.25, 0.3) is 0 Å². The maximum atomic E-state index is 10.1. The minimum atomic E-state index is -0.750. The van der Waals surface area contributed by atoms with Crippen molar-refractivity contribution in [2.45, 2.75) is 26.4 Å². The molecule has 0 aliphatic carbocycles. The average molecular weight is 110 g/mol. The Morgan fingerprint density at radius 2 is 1.17 bits per heavy atom. The highest BCUT2D eigenvalue weighted by molar-refractivity contribution is 5.85.